The number of methoxy groups -OCH3 is 1. The molecule has 0 aliphatic rings. The van der Waals surface area contributed by atoms with Crippen molar-refractivity contribution in [2.24, 2.45) is 0 Å². The van der Waals surface area contributed by atoms with E-state index in [9.17, 15) is 13.2 Å². The summed E-state index contributed by atoms with van der Waals surface area (Å²) in [7, 11) is 0.583. The third kappa shape index (κ3) is 21500. The number of rotatable bonds is 0. The van der Waals surface area contributed by atoms with Crippen molar-refractivity contribution in [2.75, 3.05) is 39.2 Å². The van der Waals surface area contributed by atoms with Crippen LogP contribution in [0, 0.1) is 0 Å². The number of hydrogen-bond acceptors (Lipinski definition) is 5. The maximum Gasteiger partial charge on any atom is 0.144 e. The van der Waals surface area contributed by atoms with Crippen LogP contribution in [-0.4, -0.2) is 53.4 Å². The van der Waals surface area contributed by atoms with Gasteiger partial charge in [-0.3, -0.25) is 0 Å². The van der Waals surface area contributed by atoms with Crippen LogP contribution in [0.2, 0.25) is 0 Å². The van der Waals surface area contributed by atoms with E-state index in [0.717, 1.165) is 12.5 Å². The van der Waals surface area contributed by atoms with Crippen LogP contribution in [-0.2, 0) is 37.9 Å². The summed E-state index contributed by atoms with van der Waals surface area (Å²) >= 11 is 1.75. The molecule has 0 spiro atoms. The van der Waals surface area contributed by atoms with Crippen molar-refractivity contribution < 1.29 is 36.5 Å². The number of hydrogen-bond donors (Lipinski definition) is 0. The first-order valence-electron chi connectivity index (χ1n) is 5.40. The van der Waals surface area contributed by atoms with Gasteiger partial charge in [0.2, 0.25) is 0 Å². The van der Waals surface area contributed by atoms with Crippen LogP contribution in [0.4, 0.5) is 0 Å². The van der Waals surface area contributed by atoms with Crippen molar-refractivity contribution in [3.05, 3.63) is 0 Å². The molecule has 0 unspecified atom stereocenters. The van der Waals surface area contributed by atoms with E-state index in [1.807, 2.05) is 12.5 Å². The van der Waals surface area contributed by atoms with Crippen LogP contribution in [0.3, 0.4) is 0 Å². The Morgan fingerprint density at radius 3 is 1.05 bits per heavy atom. The van der Waals surface area contributed by atoms with Crippen LogP contribution in [0.25, 0.3) is 0 Å². The van der Waals surface area contributed by atoms with Crippen LogP contribution >= 0.6 is 11.8 Å². The molecule has 0 aliphatic heterocycles. The Hall–Kier alpha value is 0.514. The quantitative estimate of drug-likeness (QED) is 0.652. The van der Waals surface area contributed by atoms with Crippen molar-refractivity contribution in [3.63, 3.8) is 0 Å². The normalized spacial score (nSPS) is 6.90. The van der Waals surface area contributed by atoms with Crippen LogP contribution in [0.1, 0.15) is 41.5 Å². The van der Waals surface area contributed by atoms with Crippen molar-refractivity contribution in [2.45, 2.75) is 41.5 Å². The van der Waals surface area contributed by atoms with Gasteiger partial charge in [0.05, 0.1) is 0 Å². The Balaban J connectivity index is -0.0000000210. The Kier molecular flexibility index (Phi) is 91.3. The predicted octanol–water partition coefficient (Wildman–Crippen LogP) is 3.55. The summed E-state index contributed by atoms with van der Waals surface area (Å²) in [6, 6.07) is 0. The fourth-order valence-electron chi connectivity index (χ4n) is 0. The summed E-state index contributed by atoms with van der Waals surface area (Å²) in [5, 5.41) is 0. The maximum absolute atomic E-state index is 9.63. The van der Waals surface area contributed by atoms with E-state index in [2.05, 4.69) is 18.6 Å². The average Bonchev–Trinajstić information content (AvgIpc) is 2.01. The molecule has 7 heteroatoms. The second-order valence-electron chi connectivity index (χ2n) is 3.57. The first-order valence-corrected chi connectivity index (χ1v) is 9.33. The molecule has 0 saturated carbocycles. The fraction of sp³-hybridized carbons (Fsp3) is 0.923. The van der Waals surface area contributed by atoms with Crippen LogP contribution < -0.4 is 0 Å². The Morgan fingerprint density at radius 2 is 1.05 bits per heavy atom. The molecule has 0 aromatic heterocycles. The third-order valence-electron chi connectivity index (χ3n) is 0. The third-order valence-corrected chi connectivity index (χ3v) is 0. The summed E-state index contributed by atoms with van der Waals surface area (Å²) in [6.45, 7) is 7.31. The first-order chi connectivity index (χ1) is 7.97. The second kappa shape index (κ2) is 42.7. The number of Topliss-reactive ketones (excluding diaryl/α,β-unsaturated/α-hetero) is 1. The van der Waals surface area contributed by atoms with E-state index in [4.69, 9.17) is 0 Å². The molecule has 0 rings (SSSR count). The smallest absolute Gasteiger partial charge is 0.144 e. The zero-order valence-electron chi connectivity index (χ0n) is 14.1. The van der Waals surface area contributed by atoms with Gasteiger partial charge in [0.25, 0.3) is 0 Å². The minimum absolute atomic E-state index is 0. The standard InChI is InChI=1S/C3H6O.C3H8.C2H6O2S.C2H6O.C2H6S.CH4.V/c1-3(2)4;1-3-2;1-5(2,3)4;2*1-3-2;;/h1-2H3;3H2,1-2H3;1-2H3;2*1-2H3;1H4;. The summed E-state index contributed by atoms with van der Waals surface area (Å²) in [5.74, 6) is 0.167. The molecule has 0 bridgehead atoms. The monoisotopic (exact) mass is 371 g/mol. The maximum atomic E-state index is 9.63. The van der Waals surface area contributed by atoms with Crippen molar-refractivity contribution in [1.29, 1.82) is 0 Å². The number of sulfone groups is 1. The first kappa shape index (κ1) is 42.8. The average molecular weight is 372 g/mol. The van der Waals surface area contributed by atoms with Crippen LogP contribution in [0.15, 0.2) is 0 Å². The Bertz CT molecular complexity index is 202. The molecule has 0 fully saturated rings. The van der Waals surface area contributed by atoms with Gasteiger partial charge in [0.1, 0.15) is 15.6 Å². The van der Waals surface area contributed by atoms with Gasteiger partial charge >= 0.3 is 0 Å². The molecular weight excluding hydrogens is 335 g/mol. The summed E-state index contributed by atoms with van der Waals surface area (Å²) in [4.78, 5) is 9.44. The molecule has 20 heavy (non-hydrogen) atoms. The van der Waals surface area contributed by atoms with Gasteiger partial charge in [0.15, 0.2) is 0 Å². The molecule has 0 saturated heterocycles. The largest absolute Gasteiger partial charge is 0.388 e. The molecule has 0 aromatic carbocycles. The minimum atomic E-state index is -2.67. The van der Waals surface area contributed by atoms with Crippen LogP contribution in [0.5, 0.6) is 0 Å². The van der Waals surface area contributed by atoms with E-state index >= 15 is 0 Å². The number of carbonyl (C=O) groups excluding carboxylic acids is 1. The molecular formula is C13H36O4S2V. The van der Waals surface area contributed by atoms with E-state index in [-0.39, 0.29) is 31.8 Å². The molecule has 0 N–H and O–H groups in total. The molecule has 0 aromatic rings. The van der Waals surface area contributed by atoms with Gasteiger partial charge in [-0.1, -0.05) is 27.7 Å². The molecule has 129 valence electrons. The summed E-state index contributed by atoms with van der Waals surface area (Å²) in [6.07, 6.45) is 7.65. The molecule has 4 nitrogen and oxygen atoms in total. The van der Waals surface area contributed by atoms with Gasteiger partial charge in [-0.2, -0.15) is 11.8 Å². The Morgan fingerprint density at radius 1 is 1.05 bits per heavy atom. The van der Waals surface area contributed by atoms with Gasteiger partial charge < -0.3 is 9.53 Å². The number of carbonyl (C=O) groups is 1. The number of thioether (sulfide) groups is 1. The SMILES string of the molecule is C.CC(C)=O.CCC.COC.CS(C)(=O)=O.CSC.[V]. The molecule has 1 radical (unpaired) electrons. The topological polar surface area (TPSA) is 60.4 Å². The van der Waals surface area contributed by atoms with Gasteiger partial charge in [-0.25, -0.2) is 8.42 Å². The van der Waals surface area contributed by atoms with Gasteiger partial charge in [-0.15, -0.1) is 0 Å². The van der Waals surface area contributed by atoms with Crippen molar-refractivity contribution in [1.82, 2.24) is 0 Å². The van der Waals surface area contributed by atoms with Crippen molar-refractivity contribution in [3.8, 4) is 0 Å². The zero-order chi connectivity index (χ0) is 16.2. The number of ether oxygens (including phenoxy) is 1. The van der Waals surface area contributed by atoms with Gasteiger partial charge in [-0.05, 0) is 26.4 Å². The molecule has 0 aliphatic carbocycles. The zero-order valence-corrected chi connectivity index (χ0v) is 17.1. The second-order valence-corrected chi connectivity index (χ2v) is 6.68. The molecule has 0 heterocycles. The predicted molar refractivity (Wildman–Crippen MR) is 92.2 cm³/mol. The van der Waals surface area contributed by atoms with Crippen molar-refractivity contribution >= 4 is 27.4 Å². The van der Waals surface area contributed by atoms with E-state index < -0.39 is 9.84 Å². The fourth-order valence-corrected chi connectivity index (χ4v) is 0. The van der Waals surface area contributed by atoms with E-state index in [1.165, 1.54) is 20.3 Å². The summed E-state index contributed by atoms with van der Waals surface area (Å²) < 4.78 is 23.5. The van der Waals surface area contributed by atoms with E-state index in [0.29, 0.717) is 0 Å². The van der Waals surface area contributed by atoms with Gasteiger partial charge in [0, 0.05) is 45.3 Å². The van der Waals surface area contributed by atoms with E-state index in [1.54, 1.807) is 26.0 Å². The Labute approximate surface area is 144 Å². The summed E-state index contributed by atoms with van der Waals surface area (Å²) in [5.41, 5.74) is 0. The molecule has 0 atom stereocenters. The molecule has 0 amide bonds. The number of ketones is 1. The minimum Gasteiger partial charge on any atom is -0.388 e.